The molecular formula is C7H11N3O2. The van der Waals surface area contributed by atoms with Crippen LogP contribution in [0, 0.1) is 0 Å². The molecule has 5 nitrogen and oxygen atoms in total. The van der Waals surface area contributed by atoms with E-state index in [0.717, 1.165) is 24.2 Å². The number of hydrogen-bond donors (Lipinski definition) is 2. The van der Waals surface area contributed by atoms with E-state index in [-0.39, 0.29) is 13.2 Å². The number of aromatic nitrogens is 3. The Labute approximate surface area is 70.1 Å². The molecule has 0 atom stereocenters. The second-order valence-corrected chi connectivity index (χ2v) is 2.36. The Kier molecular flexibility index (Phi) is 3.56. The summed E-state index contributed by atoms with van der Waals surface area (Å²) in [5.41, 5.74) is 2.16. The number of aliphatic hydroxyl groups excluding tert-OH is 2. The highest BCUT2D eigenvalue weighted by atomic mass is 16.3. The van der Waals surface area contributed by atoms with Crippen molar-refractivity contribution in [3.63, 3.8) is 0 Å². The van der Waals surface area contributed by atoms with Gasteiger partial charge in [-0.2, -0.15) is 0 Å². The lowest BCUT2D eigenvalue weighted by atomic mass is 10.3. The summed E-state index contributed by atoms with van der Waals surface area (Å²) in [5, 5.41) is 26.4. The standard InChI is InChI=1S/C5H5N3.C2H6O2/c1-2-5-3-4(1)6-8-7-5;3-1-2-4/h3H,1-2H2;3-4H,1-2H2. The lowest BCUT2D eigenvalue weighted by molar-refractivity contribution is 0.186. The van der Waals surface area contributed by atoms with E-state index in [1.54, 1.807) is 0 Å². The van der Waals surface area contributed by atoms with Crippen molar-refractivity contribution in [3.8, 4) is 0 Å². The van der Waals surface area contributed by atoms with Gasteiger partial charge in [0.05, 0.1) is 24.6 Å². The smallest absolute Gasteiger partial charge is 0.0671 e. The van der Waals surface area contributed by atoms with E-state index in [1.807, 2.05) is 6.07 Å². The van der Waals surface area contributed by atoms with E-state index >= 15 is 0 Å². The first-order valence-corrected chi connectivity index (χ1v) is 3.76. The van der Waals surface area contributed by atoms with Crippen LogP contribution in [-0.4, -0.2) is 38.8 Å². The van der Waals surface area contributed by atoms with Crippen molar-refractivity contribution in [2.24, 2.45) is 0 Å². The monoisotopic (exact) mass is 169 g/mol. The average Bonchev–Trinajstić information content (AvgIpc) is 2.46. The van der Waals surface area contributed by atoms with Crippen molar-refractivity contribution in [2.75, 3.05) is 13.2 Å². The van der Waals surface area contributed by atoms with E-state index in [2.05, 4.69) is 15.4 Å². The molecule has 0 saturated heterocycles. The van der Waals surface area contributed by atoms with Crippen LogP contribution in [0.5, 0.6) is 0 Å². The van der Waals surface area contributed by atoms with Gasteiger partial charge in [0, 0.05) is 0 Å². The van der Waals surface area contributed by atoms with Crippen molar-refractivity contribution in [1.82, 2.24) is 15.4 Å². The van der Waals surface area contributed by atoms with Gasteiger partial charge in [0.2, 0.25) is 0 Å². The molecule has 1 aliphatic carbocycles. The van der Waals surface area contributed by atoms with Gasteiger partial charge in [-0.3, -0.25) is 0 Å². The first-order valence-electron chi connectivity index (χ1n) is 3.76. The topological polar surface area (TPSA) is 79.1 Å². The highest BCUT2D eigenvalue weighted by Gasteiger charge is 2.07. The summed E-state index contributed by atoms with van der Waals surface area (Å²) in [6.07, 6.45) is 2.06. The van der Waals surface area contributed by atoms with Crippen molar-refractivity contribution >= 4 is 0 Å². The molecule has 12 heavy (non-hydrogen) atoms. The predicted octanol–water partition coefficient (Wildman–Crippen LogP) is -1.06. The Morgan fingerprint density at radius 2 is 1.58 bits per heavy atom. The fraction of sp³-hybridized carbons (Fsp3) is 0.571. The highest BCUT2D eigenvalue weighted by Crippen LogP contribution is 2.08. The molecule has 0 fully saturated rings. The number of aryl methyl sites for hydroxylation is 2. The Balaban J connectivity index is 0.000000157. The molecule has 0 amide bonds. The zero-order chi connectivity index (χ0) is 8.81. The zero-order valence-electron chi connectivity index (χ0n) is 6.64. The minimum absolute atomic E-state index is 0.125. The molecule has 0 unspecified atom stereocenters. The van der Waals surface area contributed by atoms with E-state index in [0.29, 0.717) is 0 Å². The van der Waals surface area contributed by atoms with E-state index in [1.165, 1.54) is 0 Å². The molecule has 66 valence electrons. The summed E-state index contributed by atoms with van der Waals surface area (Å²) in [6.45, 7) is -0.250. The molecular weight excluding hydrogens is 158 g/mol. The van der Waals surface area contributed by atoms with Gasteiger partial charge in [-0.25, -0.2) is 0 Å². The van der Waals surface area contributed by atoms with Crippen molar-refractivity contribution in [2.45, 2.75) is 12.8 Å². The van der Waals surface area contributed by atoms with Crippen LogP contribution in [0.25, 0.3) is 0 Å². The van der Waals surface area contributed by atoms with Gasteiger partial charge in [-0.15, -0.1) is 10.2 Å². The summed E-state index contributed by atoms with van der Waals surface area (Å²) in [4.78, 5) is 0. The van der Waals surface area contributed by atoms with Crippen molar-refractivity contribution < 1.29 is 10.2 Å². The van der Waals surface area contributed by atoms with Crippen LogP contribution in [0.15, 0.2) is 6.07 Å². The number of hydrogen-bond acceptors (Lipinski definition) is 5. The highest BCUT2D eigenvalue weighted by molar-refractivity contribution is 5.14. The average molecular weight is 169 g/mol. The SMILES string of the molecule is OCCO.c1c2nnnc1CC2. The number of fused-ring (bicyclic) bond motifs is 2. The quantitative estimate of drug-likeness (QED) is 0.560. The lowest BCUT2D eigenvalue weighted by Gasteiger charge is -1.79. The van der Waals surface area contributed by atoms with Gasteiger partial charge in [0.15, 0.2) is 0 Å². The van der Waals surface area contributed by atoms with E-state index < -0.39 is 0 Å². The largest absolute Gasteiger partial charge is 0.394 e. The molecule has 0 aromatic carbocycles. The molecule has 0 saturated carbocycles. The van der Waals surface area contributed by atoms with Gasteiger partial charge in [0.1, 0.15) is 0 Å². The van der Waals surface area contributed by atoms with Gasteiger partial charge in [-0.1, -0.05) is 0 Å². The van der Waals surface area contributed by atoms with Crippen LogP contribution < -0.4 is 0 Å². The third kappa shape index (κ3) is 2.52. The first-order chi connectivity index (χ1) is 5.86. The second kappa shape index (κ2) is 4.74. The maximum atomic E-state index is 7.62. The molecule has 1 aromatic heterocycles. The van der Waals surface area contributed by atoms with E-state index in [4.69, 9.17) is 10.2 Å². The third-order valence-corrected chi connectivity index (χ3v) is 1.42. The van der Waals surface area contributed by atoms with Crippen LogP contribution in [0.4, 0.5) is 0 Å². The van der Waals surface area contributed by atoms with Crippen molar-refractivity contribution in [3.05, 3.63) is 17.5 Å². The van der Waals surface area contributed by atoms with Crippen LogP contribution in [0.2, 0.25) is 0 Å². The van der Waals surface area contributed by atoms with Crippen molar-refractivity contribution in [1.29, 1.82) is 0 Å². The second-order valence-electron chi connectivity index (χ2n) is 2.36. The summed E-state index contributed by atoms with van der Waals surface area (Å²) >= 11 is 0. The molecule has 0 radical (unpaired) electrons. The maximum Gasteiger partial charge on any atom is 0.0671 e. The van der Waals surface area contributed by atoms with Crippen LogP contribution in [-0.2, 0) is 12.8 Å². The Hall–Kier alpha value is -1.07. The molecule has 1 heterocycles. The summed E-state index contributed by atoms with van der Waals surface area (Å²) in [7, 11) is 0. The Bertz CT molecular complexity index is 221. The molecule has 2 bridgehead atoms. The summed E-state index contributed by atoms with van der Waals surface area (Å²) in [5.74, 6) is 0. The molecule has 0 aliphatic heterocycles. The predicted molar refractivity (Wildman–Crippen MR) is 41.4 cm³/mol. The fourth-order valence-electron chi connectivity index (χ4n) is 0.888. The molecule has 5 heteroatoms. The molecule has 1 aliphatic rings. The minimum atomic E-state index is -0.125. The lowest BCUT2D eigenvalue weighted by Crippen LogP contribution is -1.86. The molecule has 2 N–H and O–H groups in total. The van der Waals surface area contributed by atoms with Crippen LogP contribution in [0.1, 0.15) is 11.4 Å². The molecule has 1 aromatic rings. The van der Waals surface area contributed by atoms with Gasteiger partial charge in [-0.05, 0) is 24.1 Å². The zero-order valence-corrected chi connectivity index (χ0v) is 6.64. The minimum Gasteiger partial charge on any atom is -0.394 e. The fourth-order valence-corrected chi connectivity index (χ4v) is 0.888. The van der Waals surface area contributed by atoms with Crippen LogP contribution >= 0.6 is 0 Å². The molecule has 2 rings (SSSR count). The Morgan fingerprint density at radius 3 is 1.92 bits per heavy atom. The summed E-state index contributed by atoms with van der Waals surface area (Å²) in [6, 6.07) is 1.99. The van der Waals surface area contributed by atoms with Gasteiger partial charge >= 0.3 is 0 Å². The first kappa shape index (κ1) is 9.02. The van der Waals surface area contributed by atoms with E-state index in [9.17, 15) is 0 Å². The number of aliphatic hydroxyl groups is 2. The van der Waals surface area contributed by atoms with Crippen LogP contribution in [0.3, 0.4) is 0 Å². The number of rotatable bonds is 1. The van der Waals surface area contributed by atoms with Gasteiger partial charge in [0.25, 0.3) is 0 Å². The summed E-state index contributed by atoms with van der Waals surface area (Å²) < 4.78 is 0. The number of nitrogens with zero attached hydrogens (tertiary/aromatic N) is 3. The normalized spacial score (nSPS) is 12.2. The van der Waals surface area contributed by atoms with Gasteiger partial charge < -0.3 is 10.2 Å². The third-order valence-electron chi connectivity index (χ3n) is 1.42. The molecule has 0 spiro atoms. The Morgan fingerprint density at radius 1 is 1.08 bits per heavy atom. The maximum absolute atomic E-state index is 7.62.